The molecule has 1 N–H and O–H groups in total. The van der Waals surface area contributed by atoms with Crippen LogP contribution in [0.1, 0.15) is 36.1 Å². The van der Waals surface area contributed by atoms with Crippen molar-refractivity contribution in [1.29, 1.82) is 0 Å². The maximum atomic E-state index is 12.1. The molecule has 2 aromatic carbocycles. The number of hydrogen-bond donors (Lipinski definition) is 1. The summed E-state index contributed by atoms with van der Waals surface area (Å²) in [6.45, 7) is 6.17. The van der Waals surface area contributed by atoms with Crippen molar-refractivity contribution >= 4 is 15.7 Å². The monoisotopic (exact) mass is 375 g/mol. The Morgan fingerprint density at radius 3 is 2.38 bits per heavy atom. The quantitative estimate of drug-likeness (QED) is 0.805. The fourth-order valence-corrected chi connectivity index (χ4v) is 3.17. The van der Waals surface area contributed by atoms with E-state index in [-0.39, 0.29) is 23.3 Å². The molecule has 2 rings (SSSR count). The molecule has 0 bridgehead atoms. The van der Waals surface area contributed by atoms with Crippen LogP contribution in [-0.4, -0.2) is 27.2 Å². The summed E-state index contributed by atoms with van der Waals surface area (Å²) < 4.78 is 28.7. The SMILES string of the molecule is Cc1cccc(OCCC(=O)NC(C)c2ccc(S(C)(=O)=O)cc2)c1C. The molecule has 6 heteroatoms. The average Bonchev–Trinajstić information content (AvgIpc) is 2.58. The lowest BCUT2D eigenvalue weighted by atomic mass is 10.1. The van der Waals surface area contributed by atoms with Crippen molar-refractivity contribution < 1.29 is 17.9 Å². The standard InChI is InChI=1S/C20H25NO4S/c1-14-6-5-7-19(15(14)2)25-13-12-20(22)21-16(3)17-8-10-18(11-9-17)26(4,23)24/h5-11,16H,12-13H2,1-4H3,(H,21,22). The van der Waals surface area contributed by atoms with Crippen molar-refractivity contribution in [3.05, 3.63) is 59.2 Å². The number of rotatable bonds is 7. The lowest BCUT2D eigenvalue weighted by Gasteiger charge is -2.15. The lowest BCUT2D eigenvalue weighted by molar-refractivity contribution is -0.122. The molecule has 0 fully saturated rings. The van der Waals surface area contributed by atoms with Gasteiger partial charge < -0.3 is 10.1 Å². The van der Waals surface area contributed by atoms with E-state index in [4.69, 9.17) is 4.74 Å². The van der Waals surface area contributed by atoms with Gasteiger partial charge in [0.05, 0.1) is 24.0 Å². The van der Waals surface area contributed by atoms with E-state index in [1.807, 2.05) is 39.0 Å². The van der Waals surface area contributed by atoms with E-state index in [1.54, 1.807) is 24.3 Å². The minimum absolute atomic E-state index is 0.116. The summed E-state index contributed by atoms with van der Waals surface area (Å²) in [5.41, 5.74) is 3.08. The number of sulfone groups is 1. The largest absolute Gasteiger partial charge is 0.493 e. The normalized spacial score (nSPS) is 12.5. The highest BCUT2D eigenvalue weighted by atomic mass is 32.2. The van der Waals surface area contributed by atoms with Crippen molar-refractivity contribution in [3.8, 4) is 5.75 Å². The van der Waals surface area contributed by atoms with Gasteiger partial charge in [-0.15, -0.1) is 0 Å². The Morgan fingerprint density at radius 1 is 1.12 bits per heavy atom. The molecule has 140 valence electrons. The fourth-order valence-electron chi connectivity index (χ4n) is 2.53. The van der Waals surface area contributed by atoms with Gasteiger partial charge in [0, 0.05) is 6.26 Å². The molecular formula is C20H25NO4S. The van der Waals surface area contributed by atoms with Gasteiger partial charge in [-0.2, -0.15) is 0 Å². The Balaban J connectivity index is 1.86. The summed E-state index contributed by atoms with van der Waals surface area (Å²) in [5, 5.41) is 2.90. The summed E-state index contributed by atoms with van der Waals surface area (Å²) in [4.78, 5) is 12.4. The van der Waals surface area contributed by atoms with E-state index in [2.05, 4.69) is 5.32 Å². The molecule has 0 heterocycles. The number of carbonyl (C=O) groups excluding carboxylic acids is 1. The smallest absolute Gasteiger partial charge is 0.223 e. The van der Waals surface area contributed by atoms with E-state index >= 15 is 0 Å². The summed E-state index contributed by atoms with van der Waals surface area (Å²) in [6, 6.07) is 12.2. The van der Waals surface area contributed by atoms with Gasteiger partial charge in [-0.05, 0) is 55.7 Å². The van der Waals surface area contributed by atoms with Gasteiger partial charge in [0.2, 0.25) is 5.91 Å². The molecule has 5 nitrogen and oxygen atoms in total. The van der Waals surface area contributed by atoms with Crippen LogP contribution >= 0.6 is 0 Å². The van der Waals surface area contributed by atoms with Crippen LogP contribution in [0.2, 0.25) is 0 Å². The van der Waals surface area contributed by atoms with Crippen LogP contribution in [0.3, 0.4) is 0 Å². The Morgan fingerprint density at radius 2 is 1.77 bits per heavy atom. The van der Waals surface area contributed by atoms with Gasteiger partial charge in [0.1, 0.15) is 5.75 Å². The van der Waals surface area contributed by atoms with E-state index < -0.39 is 9.84 Å². The minimum atomic E-state index is -3.22. The Bertz CT molecular complexity index is 873. The molecular weight excluding hydrogens is 350 g/mol. The first-order valence-electron chi connectivity index (χ1n) is 8.47. The van der Waals surface area contributed by atoms with Crippen molar-refractivity contribution in [2.24, 2.45) is 0 Å². The van der Waals surface area contributed by atoms with E-state index in [9.17, 15) is 13.2 Å². The Labute approximate surface area is 155 Å². The molecule has 0 saturated carbocycles. The zero-order valence-corrected chi connectivity index (χ0v) is 16.4. The highest BCUT2D eigenvalue weighted by Gasteiger charge is 2.12. The van der Waals surface area contributed by atoms with E-state index in [0.717, 1.165) is 22.4 Å². The molecule has 0 aromatic heterocycles. The lowest BCUT2D eigenvalue weighted by Crippen LogP contribution is -2.27. The predicted octanol–water partition coefficient (Wildman–Crippen LogP) is 3.35. The highest BCUT2D eigenvalue weighted by Crippen LogP contribution is 2.21. The average molecular weight is 375 g/mol. The second-order valence-corrected chi connectivity index (χ2v) is 8.44. The molecule has 2 aromatic rings. The number of nitrogens with one attached hydrogen (secondary N) is 1. The van der Waals surface area contributed by atoms with E-state index in [0.29, 0.717) is 6.61 Å². The fraction of sp³-hybridized carbons (Fsp3) is 0.350. The molecule has 0 aliphatic rings. The third kappa shape index (κ3) is 5.33. The minimum Gasteiger partial charge on any atom is -0.493 e. The van der Waals surface area contributed by atoms with Gasteiger partial charge in [-0.25, -0.2) is 8.42 Å². The molecule has 0 spiro atoms. The zero-order valence-electron chi connectivity index (χ0n) is 15.6. The second kappa shape index (κ2) is 8.36. The molecule has 26 heavy (non-hydrogen) atoms. The van der Waals surface area contributed by atoms with Gasteiger partial charge >= 0.3 is 0 Å². The van der Waals surface area contributed by atoms with Gasteiger partial charge in [0.25, 0.3) is 0 Å². The summed E-state index contributed by atoms with van der Waals surface area (Å²) >= 11 is 0. The van der Waals surface area contributed by atoms with Crippen LogP contribution in [0.4, 0.5) is 0 Å². The van der Waals surface area contributed by atoms with Gasteiger partial charge in [-0.3, -0.25) is 4.79 Å². The molecule has 1 atom stereocenters. The van der Waals surface area contributed by atoms with Crippen molar-refractivity contribution in [2.45, 2.75) is 38.1 Å². The number of aryl methyl sites for hydroxylation is 1. The molecule has 0 radical (unpaired) electrons. The van der Waals surface area contributed by atoms with Crippen LogP contribution in [0.15, 0.2) is 47.4 Å². The number of amides is 1. The van der Waals surface area contributed by atoms with Gasteiger partial charge in [0.15, 0.2) is 9.84 Å². The van der Waals surface area contributed by atoms with Gasteiger partial charge in [-0.1, -0.05) is 24.3 Å². The van der Waals surface area contributed by atoms with Crippen LogP contribution < -0.4 is 10.1 Å². The number of benzene rings is 2. The van der Waals surface area contributed by atoms with Crippen LogP contribution in [0.25, 0.3) is 0 Å². The third-order valence-corrected chi connectivity index (χ3v) is 5.46. The zero-order chi connectivity index (χ0) is 19.3. The maximum Gasteiger partial charge on any atom is 0.223 e. The first-order valence-corrected chi connectivity index (χ1v) is 10.4. The highest BCUT2D eigenvalue weighted by molar-refractivity contribution is 7.90. The molecule has 1 unspecified atom stereocenters. The Kier molecular flexibility index (Phi) is 6.42. The summed E-state index contributed by atoms with van der Waals surface area (Å²) in [6.07, 6.45) is 1.42. The number of ether oxygens (including phenoxy) is 1. The maximum absolute atomic E-state index is 12.1. The van der Waals surface area contributed by atoms with Crippen LogP contribution in [0, 0.1) is 13.8 Å². The summed E-state index contributed by atoms with van der Waals surface area (Å²) in [7, 11) is -3.22. The van der Waals surface area contributed by atoms with Crippen molar-refractivity contribution in [2.75, 3.05) is 12.9 Å². The second-order valence-electron chi connectivity index (χ2n) is 6.43. The molecule has 0 aliphatic heterocycles. The molecule has 1 amide bonds. The first-order chi connectivity index (χ1) is 12.2. The van der Waals surface area contributed by atoms with Crippen LogP contribution in [0.5, 0.6) is 5.75 Å². The summed E-state index contributed by atoms with van der Waals surface area (Å²) in [5.74, 6) is 0.678. The van der Waals surface area contributed by atoms with Crippen molar-refractivity contribution in [3.63, 3.8) is 0 Å². The number of hydrogen-bond acceptors (Lipinski definition) is 4. The van der Waals surface area contributed by atoms with Crippen molar-refractivity contribution in [1.82, 2.24) is 5.32 Å². The number of carbonyl (C=O) groups is 1. The topological polar surface area (TPSA) is 72.5 Å². The predicted molar refractivity (Wildman–Crippen MR) is 102 cm³/mol. The van der Waals surface area contributed by atoms with E-state index in [1.165, 1.54) is 6.26 Å². The molecule has 0 aliphatic carbocycles. The van der Waals surface area contributed by atoms with Crippen LogP contribution in [-0.2, 0) is 14.6 Å². The Hall–Kier alpha value is -2.34. The third-order valence-electron chi connectivity index (χ3n) is 4.33. The molecule has 0 saturated heterocycles. The first kappa shape index (κ1) is 20.0.